The van der Waals surface area contributed by atoms with Gasteiger partial charge in [0.15, 0.2) is 5.82 Å². The second-order valence-corrected chi connectivity index (χ2v) is 10.4. The third-order valence-electron chi connectivity index (χ3n) is 8.16. The van der Waals surface area contributed by atoms with E-state index in [4.69, 9.17) is 0 Å². The Morgan fingerprint density at radius 3 is 2.22 bits per heavy atom. The number of nitrogens with one attached hydrogen (secondary N) is 1. The van der Waals surface area contributed by atoms with Crippen LogP contribution < -0.4 is 5.69 Å². The molecule has 0 bridgehead atoms. The molecule has 0 atom stereocenters. The summed E-state index contributed by atoms with van der Waals surface area (Å²) < 4.78 is 4.16. The van der Waals surface area contributed by atoms with Gasteiger partial charge >= 0.3 is 5.69 Å². The van der Waals surface area contributed by atoms with Crippen LogP contribution in [0.1, 0.15) is 87.4 Å². The molecule has 0 aliphatic heterocycles. The quantitative estimate of drug-likeness (QED) is 0.360. The molecule has 0 radical (unpaired) electrons. The summed E-state index contributed by atoms with van der Waals surface area (Å²) >= 11 is 0. The Hall–Kier alpha value is -3.48. The van der Waals surface area contributed by atoms with Crippen LogP contribution in [0.4, 0.5) is 0 Å². The largest absolute Gasteiger partial charge is 0.328 e. The van der Waals surface area contributed by atoms with Crippen molar-refractivity contribution in [1.29, 1.82) is 0 Å². The second-order valence-electron chi connectivity index (χ2n) is 10.4. The average molecular weight is 483 g/mol. The molecule has 7 heteroatoms. The molecule has 0 saturated heterocycles. The van der Waals surface area contributed by atoms with Crippen molar-refractivity contribution in [3.05, 3.63) is 76.5 Å². The molecule has 0 spiro atoms. The van der Waals surface area contributed by atoms with Crippen molar-refractivity contribution in [2.75, 3.05) is 0 Å². The molecular weight excluding hydrogens is 448 g/mol. The van der Waals surface area contributed by atoms with E-state index in [1.54, 1.807) is 0 Å². The van der Waals surface area contributed by atoms with Gasteiger partial charge in [0.1, 0.15) is 0 Å². The number of H-pyrrole nitrogens is 1. The fourth-order valence-corrected chi connectivity index (χ4v) is 6.21. The van der Waals surface area contributed by atoms with E-state index in [0.717, 1.165) is 35.1 Å². The molecule has 7 nitrogen and oxygen atoms in total. The van der Waals surface area contributed by atoms with Crippen molar-refractivity contribution < 1.29 is 0 Å². The predicted molar refractivity (Wildman–Crippen MR) is 141 cm³/mol. The number of hydrogen-bond donors (Lipinski definition) is 1. The third-order valence-corrected chi connectivity index (χ3v) is 8.16. The zero-order valence-corrected chi connectivity index (χ0v) is 20.8. The molecule has 2 aromatic heterocycles. The number of nitrogens with zero attached hydrogens (tertiary/aromatic N) is 5. The van der Waals surface area contributed by atoms with Crippen LogP contribution in [0.3, 0.4) is 0 Å². The fraction of sp³-hybridized carbons (Fsp3) is 0.448. The van der Waals surface area contributed by atoms with E-state index < -0.39 is 0 Å². The minimum absolute atomic E-state index is 0.176. The Bertz CT molecular complexity index is 1340. The van der Waals surface area contributed by atoms with Crippen LogP contribution in [0.15, 0.2) is 59.5 Å². The topological polar surface area (TPSA) is 81.4 Å². The lowest BCUT2D eigenvalue weighted by atomic mass is 9.87. The number of tetrazole rings is 1. The van der Waals surface area contributed by atoms with E-state index >= 15 is 0 Å². The van der Waals surface area contributed by atoms with Gasteiger partial charge < -0.3 is 0 Å². The summed E-state index contributed by atoms with van der Waals surface area (Å²) in [5, 5.41) is 14.4. The molecule has 2 aromatic carbocycles. The van der Waals surface area contributed by atoms with Crippen LogP contribution in [0.5, 0.6) is 0 Å². The second kappa shape index (κ2) is 10.2. The van der Waals surface area contributed by atoms with Gasteiger partial charge in [-0.15, -0.1) is 5.10 Å². The van der Waals surface area contributed by atoms with Crippen molar-refractivity contribution in [3.63, 3.8) is 0 Å². The number of imidazole rings is 1. The van der Waals surface area contributed by atoms with Crippen molar-refractivity contribution in [1.82, 2.24) is 29.8 Å². The van der Waals surface area contributed by atoms with E-state index in [0.29, 0.717) is 24.3 Å². The maximum atomic E-state index is 13.7. The van der Waals surface area contributed by atoms with Gasteiger partial charge in [-0.2, -0.15) is 0 Å². The Morgan fingerprint density at radius 2 is 1.53 bits per heavy atom. The summed E-state index contributed by atoms with van der Waals surface area (Å²) in [5.74, 6) is 1.15. The van der Waals surface area contributed by atoms with E-state index in [1.807, 2.05) is 18.2 Å². The minimum Gasteiger partial charge on any atom is -0.296 e. The maximum absolute atomic E-state index is 13.7. The van der Waals surface area contributed by atoms with Gasteiger partial charge in [0, 0.05) is 29.4 Å². The summed E-state index contributed by atoms with van der Waals surface area (Å²) in [6, 6.07) is 17.1. The number of aromatic amines is 1. The Balaban J connectivity index is 1.31. The van der Waals surface area contributed by atoms with E-state index in [1.165, 1.54) is 57.1 Å². The molecule has 36 heavy (non-hydrogen) atoms. The third kappa shape index (κ3) is 4.54. The van der Waals surface area contributed by atoms with Crippen molar-refractivity contribution in [2.24, 2.45) is 0 Å². The summed E-state index contributed by atoms with van der Waals surface area (Å²) in [6.45, 7) is 0.623. The van der Waals surface area contributed by atoms with E-state index in [9.17, 15) is 4.79 Å². The first-order valence-corrected chi connectivity index (χ1v) is 13.5. The van der Waals surface area contributed by atoms with E-state index in [2.05, 4.69) is 66.3 Å². The maximum Gasteiger partial charge on any atom is 0.328 e. The van der Waals surface area contributed by atoms with Crippen molar-refractivity contribution in [3.8, 4) is 22.5 Å². The molecular formula is C29H34N6O. The molecule has 0 amide bonds. The lowest BCUT2D eigenvalue weighted by Crippen LogP contribution is -2.29. The molecule has 2 saturated carbocycles. The highest BCUT2D eigenvalue weighted by atomic mass is 16.1. The first kappa shape index (κ1) is 23.0. The van der Waals surface area contributed by atoms with Crippen LogP contribution in [0.2, 0.25) is 0 Å². The molecule has 186 valence electrons. The highest BCUT2D eigenvalue weighted by Gasteiger charge is 2.26. The molecule has 1 N–H and O–H groups in total. The van der Waals surface area contributed by atoms with Gasteiger partial charge in [-0.05, 0) is 52.8 Å². The number of aromatic nitrogens is 6. The summed E-state index contributed by atoms with van der Waals surface area (Å²) in [6.07, 6.45) is 14.5. The molecule has 2 fully saturated rings. The lowest BCUT2D eigenvalue weighted by molar-refractivity contribution is 0.344. The summed E-state index contributed by atoms with van der Waals surface area (Å²) in [5.41, 5.74) is 5.72. The first-order chi connectivity index (χ1) is 17.8. The van der Waals surface area contributed by atoms with Gasteiger partial charge in [-0.1, -0.05) is 87.1 Å². The zero-order chi connectivity index (χ0) is 24.3. The monoisotopic (exact) mass is 482 g/mol. The van der Waals surface area contributed by atoms with Gasteiger partial charge in [0.05, 0.1) is 6.54 Å². The smallest absolute Gasteiger partial charge is 0.296 e. The first-order valence-electron chi connectivity index (χ1n) is 13.5. The van der Waals surface area contributed by atoms with Crippen LogP contribution >= 0.6 is 0 Å². The number of benzene rings is 2. The normalized spacial score (nSPS) is 17.4. The molecule has 4 aromatic rings. The number of rotatable bonds is 6. The predicted octanol–water partition coefficient (Wildman–Crippen LogP) is 6.10. The Kier molecular flexibility index (Phi) is 6.53. The molecule has 2 aliphatic rings. The van der Waals surface area contributed by atoms with Crippen LogP contribution in [-0.2, 0) is 6.54 Å². The molecule has 0 unspecified atom stereocenters. The standard InChI is InChI=1S/C29H34N6O/c36-29-34(24-11-5-2-6-12-24)20-27(23-9-3-1-4-10-23)35(29)19-21-15-17-22(18-16-21)25-13-7-8-14-26(25)28-30-32-33-31-28/h7-8,13-18,20,23-24H,1-6,9-12,19H2,(H,30,31,32,33). The SMILES string of the molecule is O=c1n(C2CCCCC2)cc(C2CCCCC2)n1Cc1ccc(-c2ccccc2-c2nnn[nH]2)cc1. The van der Waals surface area contributed by atoms with Gasteiger partial charge in [0.2, 0.25) is 0 Å². The van der Waals surface area contributed by atoms with E-state index in [-0.39, 0.29) is 5.69 Å². The summed E-state index contributed by atoms with van der Waals surface area (Å²) in [7, 11) is 0. The average Bonchev–Trinajstić information content (AvgIpc) is 3.59. The van der Waals surface area contributed by atoms with Crippen LogP contribution in [0, 0.1) is 0 Å². The van der Waals surface area contributed by atoms with Crippen LogP contribution in [0.25, 0.3) is 22.5 Å². The van der Waals surface area contributed by atoms with Gasteiger partial charge in [-0.3, -0.25) is 9.13 Å². The minimum atomic E-state index is 0.176. The van der Waals surface area contributed by atoms with Crippen molar-refractivity contribution >= 4 is 0 Å². The van der Waals surface area contributed by atoms with Gasteiger partial charge in [0.25, 0.3) is 0 Å². The molecule has 2 aliphatic carbocycles. The highest BCUT2D eigenvalue weighted by molar-refractivity contribution is 5.80. The van der Waals surface area contributed by atoms with Crippen molar-refractivity contribution in [2.45, 2.75) is 82.7 Å². The highest BCUT2D eigenvalue weighted by Crippen LogP contribution is 2.35. The molecule has 2 heterocycles. The number of hydrogen-bond acceptors (Lipinski definition) is 4. The Morgan fingerprint density at radius 1 is 0.833 bits per heavy atom. The van der Waals surface area contributed by atoms with Gasteiger partial charge in [-0.25, -0.2) is 9.89 Å². The fourth-order valence-electron chi connectivity index (χ4n) is 6.21. The van der Waals surface area contributed by atoms with Crippen LogP contribution in [-0.4, -0.2) is 29.8 Å². The lowest BCUT2D eigenvalue weighted by Gasteiger charge is -2.23. The molecule has 6 rings (SSSR count). The summed E-state index contributed by atoms with van der Waals surface area (Å²) in [4.78, 5) is 13.7. The zero-order valence-electron chi connectivity index (χ0n) is 20.8. The Labute approximate surface area is 211 Å².